The Morgan fingerprint density at radius 2 is 2.08 bits per heavy atom. The van der Waals surface area contributed by atoms with Crippen LogP contribution in [-0.4, -0.2) is 25.5 Å². The maximum absolute atomic E-state index is 12.4. The minimum absolute atomic E-state index is 0.209. The Morgan fingerprint density at radius 3 is 2.76 bits per heavy atom. The first-order valence-corrected chi connectivity index (χ1v) is 9.37. The number of amides is 1. The molecule has 0 saturated heterocycles. The molecule has 130 valence electrons. The Kier molecular flexibility index (Phi) is 5.61. The largest absolute Gasteiger partial charge is 0.306 e. The van der Waals surface area contributed by atoms with E-state index in [4.69, 9.17) is 11.6 Å². The second-order valence-corrected chi connectivity index (χ2v) is 7.60. The van der Waals surface area contributed by atoms with Crippen molar-refractivity contribution in [3.8, 4) is 0 Å². The molecule has 0 aliphatic heterocycles. The second-order valence-electron chi connectivity index (χ2n) is 5.42. The number of nitrogens with zero attached hydrogens (tertiary/aromatic N) is 4. The summed E-state index contributed by atoms with van der Waals surface area (Å²) in [4.78, 5) is 12.4. The highest BCUT2D eigenvalue weighted by Crippen LogP contribution is 2.23. The van der Waals surface area contributed by atoms with Crippen molar-refractivity contribution in [2.75, 3.05) is 5.32 Å². The highest BCUT2D eigenvalue weighted by molar-refractivity contribution is 9.10. The third kappa shape index (κ3) is 4.31. The van der Waals surface area contributed by atoms with Crippen LogP contribution in [0.5, 0.6) is 0 Å². The molecule has 3 rings (SSSR count). The number of hydrogen-bond donors (Lipinski definition) is 1. The number of benzene rings is 1. The van der Waals surface area contributed by atoms with Crippen LogP contribution in [0, 0.1) is 0 Å². The third-order valence-corrected chi connectivity index (χ3v) is 4.95. The van der Waals surface area contributed by atoms with Crippen molar-refractivity contribution in [1.29, 1.82) is 0 Å². The summed E-state index contributed by atoms with van der Waals surface area (Å²) in [5.74, 6) is 0.245. The predicted octanol–water partition coefficient (Wildman–Crippen LogP) is 4.51. The van der Waals surface area contributed by atoms with Gasteiger partial charge in [-0.3, -0.25) is 14.2 Å². The summed E-state index contributed by atoms with van der Waals surface area (Å²) in [5.41, 5.74) is 0.951. The maximum Gasteiger partial charge on any atom is 0.250 e. The Morgan fingerprint density at radius 1 is 1.32 bits per heavy atom. The van der Waals surface area contributed by atoms with E-state index >= 15 is 0 Å². The first-order valence-electron chi connectivity index (χ1n) is 7.41. The first-order chi connectivity index (χ1) is 11.9. The van der Waals surface area contributed by atoms with Crippen LogP contribution < -0.4 is 5.32 Å². The molecule has 0 bridgehead atoms. The molecule has 1 amide bonds. The number of halogens is 3. The fourth-order valence-electron chi connectivity index (χ4n) is 2.23. The summed E-state index contributed by atoms with van der Waals surface area (Å²) in [6.07, 6.45) is 5.18. The number of aromatic nitrogens is 4. The van der Waals surface area contributed by atoms with E-state index < -0.39 is 6.04 Å². The fourth-order valence-corrected chi connectivity index (χ4v) is 3.14. The number of carbonyl (C=O) groups is 1. The molecule has 1 unspecified atom stereocenters. The van der Waals surface area contributed by atoms with E-state index in [1.54, 1.807) is 34.9 Å². The van der Waals surface area contributed by atoms with Gasteiger partial charge >= 0.3 is 0 Å². The lowest BCUT2D eigenvalue weighted by Gasteiger charge is -2.11. The van der Waals surface area contributed by atoms with Gasteiger partial charge in [0.1, 0.15) is 6.04 Å². The van der Waals surface area contributed by atoms with Crippen molar-refractivity contribution in [3.63, 3.8) is 0 Å². The topological polar surface area (TPSA) is 64.7 Å². The molecule has 2 heterocycles. The molecular formula is C16H14Br2ClN5O. The number of anilines is 1. The highest BCUT2D eigenvalue weighted by Gasteiger charge is 2.18. The van der Waals surface area contributed by atoms with Gasteiger partial charge in [-0.25, -0.2) is 0 Å². The molecule has 2 aromatic heterocycles. The van der Waals surface area contributed by atoms with Gasteiger partial charge in [-0.05, 0) is 50.4 Å². The maximum atomic E-state index is 12.4. The van der Waals surface area contributed by atoms with Crippen molar-refractivity contribution in [3.05, 3.63) is 62.4 Å². The van der Waals surface area contributed by atoms with Crippen LogP contribution in [0.1, 0.15) is 18.5 Å². The molecule has 9 heteroatoms. The Bertz CT molecular complexity index is 908. The minimum Gasteiger partial charge on any atom is -0.306 e. The van der Waals surface area contributed by atoms with E-state index in [9.17, 15) is 4.79 Å². The molecule has 0 saturated carbocycles. The molecule has 1 N–H and O–H groups in total. The SMILES string of the molecule is CC(C(=O)Nc1nn(Cc2ccccc2Cl)cc1Br)n1cc(Br)cn1. The number of rotatable bonds is 5. The monoisotopic (exact) mass is 485 g/mol. The van der Waals surface area contributed by atoms with Gasteiger partial charge in [-0.15, -0.1) is 0 Å². The molecule has 0 fully saturated rings. The smallest absolute Gasteiger partial charge is 0.250 e. The fraction of sp³-hybridized carbons (Fsp3) is 0.188. The van der Waals surface area contributed by atoms with Crippen molar-refractivity contribution in [2.45, 2.75) is 19.5 Å². The minimum atomic E-state index is -0.466. The summed E-state index contributed by atoms with van der Waals surface area (Å²) >= 11 is 12.9. The van der Waals surface area contributed by atoms with Crippen LogP contribution in [0.25, 0.3) is 0 Å². The summed E-state index contributed by atoms with van der Waals surface area (Å²) in [6.45, 7) is 2.28. The van der Waals surface area contributed by atoms with Gasteiger partial charge in [0, 0.05) is 17.4 Å². The molecule has 0 aliphatic rings. The number of carbonyl (C=O) groups excluding carboxylic acids is 1. The molecule has 3 aromatic rings. The average molecular weight is 488 g/mol. The summed E-state index contributed by atoms with van der Waals surface area (Å²) in [5, 5.41) is 12.0. The van der Waals surface area contributed by atoms with Crippen molar-refractivity contribution in [2.24, 2.45) is 0 Å². The average Bonchev–Trinajstić information content (AvgIpc) is 3.15. The zero-order chi connectivity index (χ0) is 18.0. The summed E-state index contributed by atoms with van der Waals surface area (Å²) in [7, 11) is 0. The lowest BCUT2D eigenvalue weighted by molar-refractivity contribution is -0.119. The molecule has 1 atom stereocenters. The van der Waals surface area contributed by atoms with Crippen LogP contribution in [0.15, 0.2) is 51.8 Å². The van der Waals surface area contributed by atoms with E-state index in [2.05, 4.69) is 47.4 Å². The summed E-state index contributed by atoms with van der Waals surface area (Å²) < 4.78 is 4.81. The van der Waals surface area contributed by atoms with Crippen LogP contribution >= 0.6 is 43.5 Å². The molecule has 1 aromatic carbocycles. The van der Waals surface area contributed by atoms with E-state index in [1.807, 2.05) is 24.3 Å². The van der Waals surface area contributed by atoms with Gasteiger partial charge in [0.05, 0.1) is 21.7 Å². The van der Waals surface area contributed by atoms with Gasteiger partial charge in [0.2, 0.25) is 5.91 Å². The van der Waals surface area contributed by atoms with Crippen molar-refractivity contribution in [1.82, 2.24) is 19.6 Å². The normalized spacial score (nSPS) is 12.2. The van der Waals surface area contributed by atoms with E-state index in [0.717, 1.165) is 10.0 Å². The quantitative estimate of drug-likeness (QED) is 0.576. The molecule has 0 spiro atoms. The van der Waals surface area contributed by atoms with Crippen LogP contribution in [-0.2, 0) is 11.3 Å². The van der Waals surface area contributed by atoms with Gasteiger partial charge in [-0.1, -0.05) is 29.8 Å². The van der Waals surface area contributed by atoms with Crippen molar-refractivity contribution < 1.29 is 4.79 Å². The standard InChI is InChI=1S/C16H14Br2ClN5O/c1-10(24-8-12(17)6-20-24)16(25)21-15-13(18)9-23(22-15)7-11-4-2-3-5-14(11)19/h2-6,8-10H,7H2,1H3,(H,21,22,25). The lowest BCUT2D eigenvalue weighted by atomic mass is 10.2. The zero-order valence-corrected chi connectivity index (χ0v) is 17.1. The van der Waals surface area contributed by atoms with Crippen LogP contribution in [0.2, 0.25) is 5.02 Å². The van der Waals surface area contributed by atoms with Crippen molar-refractivity contribution >= 4 is 55.2 Å². The molecule has 0 aliphatic carbocycles. The molecule has 6 nitrogen and oxygen atoms in total. The number of hydrogen-bond acceptors (Lipinski definition) is 3. The molecule has 25 heavy (non-hydrogen) atoms. The predicted molar refractivity (Wildman–Crippen MR) is 104 cm³/mol. The molecule has 0 radical (unpaired) electrons. The Balaban J connectivity index is 1.72. The van der Waals surface area contributed by atoms with E-state index in [1.165, 1.54) is 0 Å². The molecular weight excluding hydrogens is 473 g/mol. The third-order valence-electron chi connectivity index (χ3n) is 3.60. The lowest BCUT2D eigenvalue weighted by Crippen LogP contribution is -2.24. The second kappa shape index (κ2) is 7.72. The highest BCUT2D eigenvalue weighted by atomic mass is 79.9. The summed E-state index contributed by atoms with van der Waals surface area (Å²) in [6, 6.07) is 7.11. The van der Waals surface area contributed by atoms with Gasteiger partial charge < -0.3 is 5.32 Å². The van der Waals surface area contributed by atoms with E-state index in [-0.39, 0.29) is 5.91 Å². The van der Waals surface area contributed by atoms with Crippen LogP contribution in [0.3, 0.4) is 0 Å². The van der Waals surface area contributed by atoms with Crippen LogP contribution in [0.4, 0.5) is 5.82 Å². The van der Waals surface area contributed by atoms with Gasteiger partial charge in [0.15, 0.2) is 5.82 Å². The van der Waals surface area contributed by atoms with Gasteiger partial charge in [0.25, 0.3) is 0 Å². The van der Waals surface area contributed by atoms with E-state index in [0.29, 0.717) is 21.9 Å². The van der Waals surface area contributed by atoms with Gasteiger partial charge in [-0.2, -0.15) is 10.2 Å². The Labute approximate surface area is 166 Å². The number of nitrogens with one attached hydrogen (secondary N) is 1. The zero-order valence-electron chi connectivity index (χ0n) is 13.2. The first kappa shape index (κ1) is 18.2. The Hall–Kier alpha value is -1.64.